The van der Waals surface area contributed by atoms with E-state index in [9.17, 15) is 0 Å². The molecule has 0 aromatic rings. The fraction of sp³-hybridized carbons (Fsp3) is 0.692. The van der Waals surface area contributed by atoms with Crippen molar-refractivity contribution in [2.45, 2.75) is 53.9 Å². The highest BCUT2D eigenvalue weighted by atomic mass is 14.3. The number of rotatable bonds is 3. The lowest BCUT2D eigenvalue weighted by molar-refractivity contribution is 0.598. The van der Waals surface area contributed by atoms with Gasteiger partial charge >= 0.3 is 0 Å². The summed E-state index contributed by atoms with van der Waals surface area (Å²) in [6.07, 6.45) is 4.03. The molecule has 0 spiro atoms. The molecule has 0 N–H and O–H groups in total. The summed E-state index contributed by atoms with van der Waals surface area (Å²) in [5.74, 6) is 0.764. The van der Waals surface area contributed by atoms with Crippen LogP contribution in [0.2, 0.25) is 0 Å². The first-order valence-electron chi connectivity index (χ1n) is 5.44. The smallest absolute Gasteiger partial charge is 0.00130 e. The molecule has 1 aliphatic carbocycles. The van der Waals surface area contributed by atoms with Gasteiger partial charge in [0.15, 0.2) is 0 Å². The first-order valence-corrected chi connectivity index (χ1v) is 5.44. The predicted molar refractivity (Wildman–Crippen MR) is 59.8 cm³/mol. The molecule has 74 valence electrons. The third-order valence-electron chi connectivity index (χ3n) is 3.64. The van der Waals surface area contributed by atoms with Crippen LogP contribution in [0.1, 0.15) is 53.9 Å². The standard InChI is InChI=1S/C13H22/c1-6-7-8-13-11(4)9(2)10(3)12(13)5/h13H,6-8H2,1-5H3. The van der Waals surface area contributed by atoms with Crippen molar-refractivity contribution in [1.29, 1.82) is 0 Å². The highest BCUT2D eigenvalue weighted by molar-refractivity contribution is 5.46. The summed E-state index contributed by atoms with van der Waals surface area (Å²) in [5, 5.41) is 0. The normalized spacial score (nSPS) is 19.2. The van der Waals surface area contributed by atoms with E-state index < -0.39 is 0 Å². The van der Waals surface area contributed by atoms with Crippen LogP contribution in [0.4, 0.5) is 0 Å². The number of hydrogen-bond donors (Lipinski definition) is 0. The summed E-state index contributed by atoms with van der Waals surface area (Å²) < 4.78 is 0. The fourth-order valence-corrected chi connectivity index (χ4v) is 2.28. The summed E-state index contributed by atoms with van der Waals surface area (Å²) in [6, 6.07) is 0. The first-order chi connectivity index (χ1) is 6.09. The van der Waals surface area contributed by atoms with Crippen molar-refractivity contribution in [2.75, 3.05) is 0 Å². The second-order valence-corrected chi connectivity index (χ2v) is 4.31. The zero-order valence-corrected chi connectivity index (χ0v) is 9.70. The van der Waals surface area contributed by atoms with Crippen molar-refractivity contribution in [3.8, 4) is 0 Å². The topological polar surface area (TPSA) is 0 Å². The zero-order chi connectivity index (χ0) is 10.0. The van der Waals surface area contributed by atoms with Crippen LogP contribution in [0.25, 0.3) is 0 Å². The third-order valence-corrected chi connectivity index (χ3v) is 3.64. The molecule has 0 nitrogen and oxygen atoms in total. The molecule has 1 rings (SSSR count). The zero-order valence-electron chi connectivity index (χ0n) is 9.70. The van der Waals surface area contributed by atoms with Gasteiger partial charge in [0, 0.05) is 5.92 Å². The van der Waals surface area contributed by atoms with Gasteiger partial charge in [0.1, 0.15) is 0 Å². The van der Waals surface area contributed by atoms with E-state index in [0.29, 0.717) is 0 Å². The molecule has 0 saturated heterocycles. The summed E-state index contributed by atoms with van der Waals surface area (Å²) in [5.41, 5.74) is 6.31. The van der Waals surface area contributed by atoms with E-state index >= 15 is 0 Å². The molecule has 0 aliphatic heterocycles. The third kappa shape index (κ3) is 1.87. The lowest BCUT2D eigenvalue weighted by atomic mass is 9.91. The minimum atomic E-state index is 0.764. The van der Waals surface area contributed by atoms with Crippen molar-refractivity contribution in [1.82, 2.24) is 0 Å². The molecule has 0 fully saturated rings. The Morgan fingerprint density at radius 2 is 1.38 bits per heavy atom. The number of hydrogen-bond acceptors (Lipinski definition) is 0. The van der Waals surface area contributed by atoms with Crippen molar-refractivity contribution in [3.63, 3.8) is 0 Å². The Balaban J connectivity index is 2.77. The fourth-order valence-electron chi connectivity index (χ4n) is 2.28. The van der Waals surface area contributed by atoms with Gasteiger partial charge in [-0.15, -0.1) is 0 Å². The molecule has 0 saturated carbocycles. The van der Waals surface area contributed by atoms with E-state index in [-0.39, 0.29) is 0 Å². The van der Waals surface area contributed by atoms with E-state index in [2.05, 4.69) is 34.6 Å². The van der Waals surface area contributed by atoms with Gasteiger partial charge < -0.3 is 0 Å². The molecular weight excluding hydrogens is 156 g/mol. The molecule has 0 aromatic carbocycles. The van der Waals surface area contributed by atoms with Gasteiger partial charge in [-0.25, -0.2) is 0 Å². The average molecular weight is 178 g/mol. The van der Waals surface area contributed by atoms with Crippen LogP contribution in [-0.4, -0.2) is 0 Å². The summed E-state index contributed by atoms with van der Waals surface area (Å²) in [6.45, 7) is 11.4. The maximum Gasteiger partial charge on any atom is 0.00130 e. The average Bonchev–Trinajstić information content (AvgIpc) is 2.30. The van der Waals surface area contributed by atoms with E-state index in [4.69, 9.17) is 0 Å². The Hall–Kier alpha value is -0.520. The molecule has 0 heteroatoms. The van der Waals surface area contributed by atoms with Crippen molar-refractivity contribution >= 4 is 0 Å². The molecule has 1 aliphatic rings. The Morgan fingerprint density at radius 1 is 0.923 bits per heavy atom. The largest absolute Gasteiger partial charge is 0.0654 e. The van der Waals surface area contributed by atoms with Gasteiger partial charge in [0.25, 0.3) is 0 Å². The Morgan fingerprint density at radius 3 is 1.77 bits per heavy atom. The quantitative estimate of drug-likeness (QED) is 0.597. The van der Waals surface area contributed by atoms with Crippen LogP contribution >= 0.6 is 0 Å². The lowest BCUT2D eigenvalue weighted by Crippen LogP contribution is -2.00. The van der Waals surface area contributed by atoms with E-state index in [0.717, 1.165) is 5.92 Å². The Bertz CT molecular complexity index is 229. The van der Waals surface area contributed by atoms with Crippen LogP contribution in [0.3, 0.4) is 0 Å². The molecule has 0 aromatic heterocycles. The van der Waals surface area contributed by atoms with Crippen LogP contribution in [0.5, 0.6) is 0 Å². The highest BCUT2D eigenvalue weighted by Gasteiger charge is 2.23. The molecule has 0 amide bonds. The Labute approximate surface area is 82.7 Å². The summed E-state index contributed by atoms with van der Waals surface area (Å²) >= 11 is 0. The van der Waals surface area contributed by atoms with Gasteiger partial charge in [-0.05, 0) is 45.3 Å². The summed E-state index contributed by atoms with van der Waals surface area (Å²) in [7, 11) is 0. The predicted octanol–water partition coefficient (Wildman–Crippen LogP) is 4.48. The lowest BCUT2D eigenvalue weighted by Gasteiger charge is -2.13. The van der Waals surface area contributed by atoms with Crippen LogP contribution in [0, 0.1) is 5.92 Å². The molecular formula is C13H22. The molecule has 0 heterocycles. The second-order valence-electron chi connectivity index (χ2n) is 4.31. The van der Waals surface area contributed by atoms with Crippen LogP contribution in [0.15, 0.2) is 22.3 Å². The summed E-state index contributed by atoms with van der Waals surface area (Å²) in [4.78, 5) is 0. The SMILES string of the molecule is CCCCC1C(C)=C(C)C(C)=C1C. The van der Waals surface area contributed by atoms with Gasteiger partial charge in [0.2, 0.25) is 0 Å². The van der Waals surface area contributed by atoms with Gasteiger partial charge in [0.05, 0.1) is 0 Å². The van der Waals surface area contributed by atoms with Crippen molar-refractivity contribution < 1.29 is 0 Å². The number of allylic oxidation sites excluding steroid dienone is 4. The Kier molecular flexibility index (Phi) is 3.35. The molecule has 0 bridgehead atoms. The number of unbranched alkanes of at least 4 members (excludes halogenated alkanes) is 1. The van der Waals surface area contributed by atoms with Crippen molar-refractivity contribution in [3.05, 3.63) is 22.3 Å². The van der Waals surface area contributed by atoms with Crippen LogP contribution in [-0.2, 0) is 0 Å². The minimum absolute atomic E-state index is 0.764. The van der Waals surface area contributed by atoms with E-state index in [1.165, 1.54) is 19.3 Å². The maximum atomic E-state index is 2.30. The monoisotopic (exact) mass is 178 g/mol. The van der Waals surface area contributed by atoms with Gasteiger partial charge in [-0.1, -0.05) is 30.9 Å². The maximum absolute atomic E-state index is 2.30. The molecule has 0 atom stereocenters. The second kappa shape index (κ2) is 4.13. The van der Waals surface area contributed by atoms with Crippen molar-refractivity contribution in [2.24, 2.45) is 5.92 Å². The minimum Gasteiger partial charge on any atom is -0.0654 e. The van der Waals surface area contributed by atoms with Gasteiger partial charge in [-0.2, -0.15) is 0 Å². The molecule has 13 heavy (non-hydrogen) atoms. The van der Waals surface area contributed by atoms with Gasteiger partial charge in [-0.3, -0.25) is 0 Å². The van der Waals surface area contributed by atoms with Crippen LogP contribution < -0.4 is 0 Å². The molecule has 0 radical (unpaired) electrons. The first kappa shape index (κ1) is 10.6. The highest BCUT2D eigenvalue weighted by Crippen LogP contribution is 2.39. The van der Waals surface area contributed by atoms with E-state index in [1.54, 1.807) is 22.3 Å². The molecule has 0 unspecified atom stereocenters. The van der Waals surface area contributed by atoms with E-state index in [1.807, 2.05) is 0 Å².